The molecule has 1 aliphatic heterocycles. The van der Waals surface area contributed by atoms with Gasteiger partial charge < -0.3 is 9.47 Å². The lowest BCUT2D eigenvalue weighted by molar-refractivity contribution is -0.138. The molecule has 1 N–H and O–H groups in total. The molecule has 0 saturated carbocycles. The second-order valence-electron chi connectivity index (χ2n) is 7.61. The van der Waals surface area contributed by atoms with Crippen LogP contribution < -0.4 is 14.9 Å². The number of nitrogens with one attached hydrogen (secondary N) is 1. The molecule has 6 nitrogen and oxygen atoms in total. The molecule has 0 spiro atoms. The summed E-state index contributed by atoms with van der Waals surface area (Å²) in [6, 6.07) is 9.83. The van der Waals surface area contributed by atoms with Crippen molar-refractivity contribution in [2.24, 2.45) is 16.8 Å². The lowest BCUT2D eigenvalue weighted by atomic mass is 10.00. The van der Waals surface area contributed by atoms with Gasteiger partial charge in [0.05, 0.1) is 25.9 Å². The number of amides is 1. The van der Waals surface area contributed by atoms with E-state index >= 15 is 0 Å². The number of carbonyl (C=O) groups is 1. The van der Waals surface area contributed by atoms with Gasteiger partial charge in [-0.05, 0) is 47.9 Å². The van der Waals surface area contributed by atoms with E-state index in [-0.39, 0.29) is 29.6 Å². The highest BCUT2D eigenvalue weighted by molar-refractivity contribution is 5.95. The Balaban J connectivity index is 1.79. The first-order valence-electron chi connectivity index (χ1n) is 9.61. The summed E-state index contributed by atoms with van der Waals surface area (Å²) in [4.78, 5) is 17.6. The molecule has 4 rings (SSSR count). The highest BCUT2D eigenvalue weighted by Crippen LogP contribution is 2.48. The molecule has 1 fully saturated rings. The van der Waals surface area contributed by atoms with E-state index in [0.29, 0.717) is 29.4 Å². The number of amidine groups is 1. The largest absolute Gasteiger partial charge is 0.493 e. The standard InChI is InChI=1S/C22H24FN3O3/c1-12(2)22(27)26-20-16-11-19(29-4)18(28-3)9-13(16)8-17(20)21(25-26)24-15-7-5-6-14(23)10-15/h5-7,9-12,17,20H,8H2,1-4H3,(H,24,25). The van der Waals surface area contributed by atoms with Crippen LogP contribution >= 0.6 is 0 Å². The van der Waals surface area contributed by atoms with Crippen molar-refractivity contribution in [3.05, 3.63) is 53.3 Å². The van der Waals surface area contributed by atoms with E-state index < -0.39 is 0 Å². The Bertz CT molecular complexity index is 989. The van der Waals surface area contributed by atoms with Gasteiger partial charge in [0.15, 0.2) is 11.5 Å². The molecular formula is C22H24FN3O3. The zero-order chi connectivity index (χ0) is 20.7. The Morgan fingerprint density at radius 2 is 1.93 bits per heavy atom. The molecule has 152 valence electrons. The summed E-state index contributed by atoms with van der Waals surface area (Å²) in [6.07, 6.45) is 0.698. The number of rotatable bonds is 4. The zero-order valence-corrected chi connectivity index (χ0v) is 16.9. The van der Waals surface area contributed by atoms with Crippen LogP contribution in [0, 0.1) is 17.7 Å². The van der Waals surface area contributed by atoms with Crippen molar-refractivity contribution in [2.75, 3.05) is 14.2 Å². The number of halogens is 1. The molecule has 2 unspecified atom stereocenters. The van der Waals surface area contributed by atoms with Crippen molar-refractivity contribution < 1.29 is 18.7 Å². The highest BCUT2D eigenvalue weighted by Gasteiger charge is 2.48. The normalized spacial score (nSPS) is 21.2. The van der Waals surface area contributed by atoms with E-state index in [1.807, 2.05) is 26.0 Å². The van der Waals surface area contributed by atoms with Crippen molar-refractivity contribution >= 4 is 17.4 Å². The third-order valence-corrected chi connectivity index (χ3v) is 5.44. The summed E-state index contributed by atoms with van der Waals surface area (Å²) >= 11 is 0. The maximum atomic E-state index is 13.6. The summed E-state index contributed by atoms with van der Waals surface area (Å²) in [7, 11) is 3.20. The Kier molecular flexibility index (Phi) is 4.90. The predicted octanol–water partition coefficient (Wildman–Crippen LogP) is 3.79. The quantitative estimate of drug-likeness (QED) is 0.853. The Hall–Kier alpha value is -3.09. The third kappa shape index (κ3) is 3.30. The molecular weight excluding hydrogens is 373 g/mol. The van der Waals surface area contributed by atoms with Crippen LogP contribution in [0.3, 0.4) is 0 Å². The second-order valence-corrected chi connectivity index (χ2v) is 7.61. The second kappa shape index (κ2) is 7.39. The smallest absolute Gasteiger partial charge is 0.244 e. The molecule has 1 saturated heterocycles. The first-order valence-corrected chi connectivity index (χ1v) is 9.61. The van der Waals surface area contributed by atoms with Gasteiger partial charge in [-0.1, -0.05) is 19.9 Å². The molecule has 0 bridgehead atoms. The fourth-order valence-electron chi connectivity index (χ4n) is 4.06. The molecule has 1 aliphatic carbocycles. The van der Waals surface area contributed by atoms with Gasteiger partial charge >= 0.3 is 0 Å². The zero-order valence-electron chi connectivity index (χ0n) is 16.9. The van der Waals surface area contributed by atoms with Gasteiger partial charge in [0.25, 0.3) is 0 Å². The monoisotopic (exact) mass is 397 g/mol. The number of hydrazine groups is 1. The van der Waals surface area contributed by atoms with Crippen molar-refractivity contribution in [1.82, 2.24) is 10.4 Å². The Labute approximate surface area is 169 Å². The van der Waals surface area contributed by atoms with Crippen molar-refractivity contribution in [3.63, 3.8) is 0 Å². The number of carbonyl (C=O) groups excluding carboxylic acids is 1. The van der Waals surface area contributed by atoms with Crippen molar-refractivity contribution in [3.8, 4) is 11.5 Å². The summed E-state index contributed by atoms with van der Waals surface area (Å²) in [6.45, 7) is 3.73. The molecule has 2 atom stereocenters. The molecule has 29 heavy (non-hydrogen) atoms. The summed E-state index contributed by atoms with van der Waals surface area (Å²) in [5.74, 6) is 1.34. The summed E-state index contributed by atoms with van der Waals surface area (Å²) in [5, 5.41) is 1.66. The molecule has 0 radical (unpaired) electrons. The molecule has 1 amide bonds. The van der Waals surface area contributed by atoms with E-state index in [4.69, 9.17) is 9.47 Å². The van der Waals surface area contributed by atoms with E-state index in [2.05, 4.69) is 10.4 Å². The van der Waals surface area contributed by atoms with Gasteiger partial charge in [-0.25, -0.2) is 14.4 Å². The van der Waals surface area contributed by atoms with Gasteiger partial charge in [0.1, 0.15) is 11.7 Å². The van der Waals surface area contributed by atoms with E-state index in [1.54, 1.807) is 31.4 Å². The minimum absolute atomic E-state index is 0.0212. The maximum Gasteiger partial charge on any atom is 0.244 e. The molecule has 1 heterocycles. The number of hydrogen-bond acceptors (Lipinski definition) is 4. The van der Waals surface area contributed by atoms with E-state index in [1.165, 1.54) is 12.1 Å². The van der Waals surface area contributed by atoms with Crippen LogP contribution in [0.2, 0.25) is 0 Å². The van der Waals surface area contributed by atoms with Crippen molar-refractivity contribution in [2.45, 2.75) is 26.3 Å². The lowest BCUT2D eigenvalue weighted by Crippen LogP contribution is -2.42. The molecule has 2 aliphatic rings. The Morgan fingerprint density at radius 3 is 2.59 bits per heavy atom. The fraction of sp³-hybridized carbons (Fsp3) is 0.364. The van der Waals surface area contributed by atoms with Gasteiger partial charge in [-0.15, -0.1) is 0 Å². The molecule has 7 heteroatoms. The average Bonchev–Trinajstić information content (AvgIpc) is 3.23. The van der Waals surface area contributed by atoms with Gasteiger partial charge in [0, 0.05) is 11.8 Å². The SMILES string of the molecule is COc1cc2c(cc1OC)C1C(C2)C(=Nc2cccc(F)c2)NN1C(=O)C(C)C. The Morgan fingerprint density at radius 1 is 1.21 bits per heavy atom. The number of fused-ring (bicyclic) bond motifs is 3. The van der Waals surface area contributed by atoms with Gasteiger partial charge in [-0.2, -0.15) is 0 Å². The molecule has 2 aromatic carbocycles. The van der Waals surface area contributed by atoms with Crippen LogP contribution in [-0.2, 0) is 11.2 Å². The molecule has 2 aromatic rings. The summed E-state index contributed by atoms with van der Waals surface area (Å²) in [5.41, 5.74) is 5.80. The topological polar surface area (TPSA) is 63.2 Å². The number of nitrogens with zero attached hydrogens (tertiary/aromatic N) is 2. The van der Waals surface area contributed by atoms with E-state index in [9.17, 15) is 9.18 Å². The maximum absolute atomic E-state index is 13.6. The fourth-order valence-corrected chi connectivity index (χ4v) is 4.06. The van der Waals surface area contributed by atoms with Crippen LogP contribution in [0.4, 0.5) is 10.1 Å². The van der Waals surface area contributed by atoms with Gasteiger partial charge in [-0.3, -0.25) is 10.2 Å². The minimum atomic E-state index is -0.347. The third-order valence-electron chi connectivity index (χ3n) is 5.44. The van der Waals surface area contributed by atoms with Crippen LogP contribution in [0.25, 0.3) is 0 Å². The van der Waals surface area contributed by atoms with Crippen LogP contribution in [0.5, 0.6) is 11.5 Å². The first kappa shape index (κ1) is 19.2. The average molecular weight is 397 g/mol. The first-order chi connectivity index (χ1) is 13.9. The van der Waals surface area contributed by atoms with Crippen molar-refractivity contribution in [1.29, 1.82) is 0 Å². The summed E-state index contributed by atoms with van der Waals surface area (Å²) < 4.78 is 24.5. The minimum Gasteiger partial charge on any atom is -0.493 e. The highest BCUT2D eigenvalue weighted by atomic mass is 19.1. The number of benzene rings is 2. The number of hydrogen-bond donors (Lipinski definition) is 1. The number of aliphatic imine (C=N–C) groups is 1. The van der Waals surface area contributed by atoms with Gasteiger partial charge in [0.2, 0.25) is 5.91 Å². The van der Waals surface area contributed by atoms with Crippen LogP contribution in [0.1, 0.15) is 31.0 Å². The number of methoxy groups -OCH3 is 2. The molecule has 0 aromatic heterocycles. The van der Waals surface area contributed by atoms with Crippen LogP contribution in [0.15, 0.2) is 41.4 Å². The lowest BCUT2D eigenvalue weighted by Gasteiger charge is -2.26. The van der Waals surface area contributed by atoms with Crippen LogP contribution in [-0.4, -0.2) is 31.0 Å². The number of ether oxygens (including phenoxy) is 2. The predicted molar refractivity (Wildman–Crippen MR) is 108 cm³/mol. The van der Waals surface area contributed by atoms with E-state index in [0.717, 1.165) is 11.1 Å².